The van der Waals surface area contributed by atoms with Crippen LogP contribution in [0.4, 0.5) is 4.39 Å². The summed E-state index contributed by atoms with van der Waals surface area (Å²) in [5, 5.41) is 2.17. The van der Waals surface area contributed by atoms with Gasteiger partial charge in [0.05, 0.1) is 19.1 Å². The molecule has 2 unspecified atom stereocenters. The van der Waals surface area contributed by atoms with Crippen molar-refractivity contribution in [2.45, 2.75) is 77.5 Å². The van der Waals surface area contributed by atoms with Gasteiger partial charge in [-0.05, 0) is 77.5 Å². The second kappa shape index (κ2) is 14.7. The number of hydrogen-bond acceptors (Lipinski definition) is 5. The highest BCUT2D eigenvalue weighted by atomic mass is 28.4. The number of ether oxygens (including phenoxy) is 3. The summed E-state index contributed by atoms with van der Waals surface area (Å²) in [6.45, 7) is 11.6. The first kappa shape index (κ1) is 33.4. The number of cyclic esters (lactones) is 1. The van der Waals surface area contributed by atoms with Crippen LogP contribution in [0.3, 0.4) is 0 Å². The fraction of sp³-hybridized carbons (Fsp3) is 0.359. The molecule has 0 radical (unpaired) electrons. The summed E-state index contributed by atoms with van der Waals surface area (Å²) in [5.74, 6) is 0.918. The Morgan fingerprint density at radius 1 is 0.870 bits per heavy atom. The first-order chi connectivity index (χ1) is 22.0. The van der Waals surface area contributed by atoms with Crippen LogP contribution in [0.1, 0.15) is 56.7 Å². The number of benzene rings is 4. The van der Waals surface area contributed by atoms with Crippen molar-refractivity contribution in [2.75, 3.05) is 13.2 Å². The number of rotatable bonds is 12. The van der Waals surface area contributed by atoms with Crippen LogP contribution < -0.4 is 19.8 Å². The van der Waals surface area contributed by atoms with Gasteiger partial charge in [-0.15, -0.1) is 0 Å². The van der Waals surface area contributed by atoms with E-state index in [-0.39, 0.29) is 36.0 Å². The largest absolute Gasteiger partial charge is 0.494 e. The lowest BCUT2D eigenvalue weighted by Gasteiger charge is -2.46. The standard InChI is InChI=1S/C39H45FO5Si/c1-28-23-29(2)38(30(24-28)13-12-22-42-32-20-18-31(40)19-21-32)43-27-34-25-33(26-37(41)44-34)45-46(39(3,4)5,35-14-8-6-9-15-35)36-16-10-7-11-17-36/h6-11,14-21,23-24,33-34H,12-13,22,25-27H2,1-5H3. The topological polar surface area (TPSA) is 54.0 Å². The Bertz CT molecular complexity index is 1550. The van der Waals surface area contributed by atoms with Crippen molar-refractivity contribution in [3.63, 3.8) is 0 Å². The van der Waals surface area contributed by atoms with Crippen LogP contribution >= 0.6 is 0 Å². The molecule has 0 bridgehead atoms. The van der Waals surface area contributed by atoms with Gasteiger partial charge < -0.3 is 18.6 Å². The van der Waals surface area contributed by atoms with Crippen LogP contribution in [0.5, 0.6) is 11.5 Å². The average molecular weight is 641 g/mol. The van der Waals surface area contributed by atoms with E-state index >= 15 is 0 Å². The average Bonchev–Trinajstić information content (AvgIpc) is 3.02. The summed E-state index contributed by atoms with van der Waals surface area (Å²) in [6.07, 6.45) is 1.56. The molecule has 5 nitrogen and oxygen atoms in total. The van der Waals surface area contributed by atoms with Crippen molar-refractivity contribution >= 4 is 24.7 Å². The van der Waals surface area contributed by atoms with Gasteiger partial charge in [0.25, 0.3) is 8.32 Å². The lowest BCUT2D eigenvalue weighted by molar-refractivity contribution is -0.161. The summed E-state index contributed by atoms with van der Waals surface area (Å²) in [7, 11) is -2.83. The summed E-state index contributed by atoms with van der Waals surface area (Å²) in [5.41, 5.74) is 3.28. The van der Waals surface area contributed by atoms with Gasteiger partial charge >= 0.3 is 5.97 Å². The molecule has 1 aliphatic rings. The molecule has 0 amide bonds. The Labute approximate surface area is 273 Å². The number of halogens is 1. The molecule has 0 aromatic heterocycles. The molecular formula is C39H45FO5Si. The molecule has 5 rings (SSSR count). The molecule has 2 atom stereocenters. The van der Waals surface area contributed by atoms with Crippen molar-refractivity contribution in [1.29, 1.82) is 0 Å². The van der Waals surface area contributed by atoms with E-state index in [1.807, 2.05) is 19.1 Å². The van der Waals surface area contributed by atoms with Gasteiger partial charge in [-0.25, -0.2) is 4.39 Å². The van der Waals surface area contributed by atoms with Crippen LogP contribution in [-0.4, -0.2) is 39.7 Å². The minimum Gasteiger partial charge on any atom is -0.494 e. The molecule has 1 saturated heterocycles. The lowest BCUT2D eigenvalue weighted by Crippen LogP contribution is -2.68. The van der Waals surface area contributed by atoms with Crippen molar-refractivity contribution in [2.24, 2.45) is 0 Å². The number of esters is 1. The summed E-state index contributed by atoms with van der Waals surface area (Å²) in [4.78, 5) is 13.0. The Morgan fingerprint density at radius 2 is 1.50 bits per heavy atom. The molecule has 1 aliphatic heterocycles. The third-order valence-corrected chi connectivity index (χ3v) is 13.7. The van der Waals surface area contributed by atoms with Crippen molar-refractivity contribution in [1.82, 2.24) is 0 Å². The second-order valence-corrected chi connectivity index (χ2v) is 17.5. The maximum absolute atomic E-state index is 13.2. The van der Waals surface area contributed by atoms with Gasteiger partial charge in [0.1, 0.15) is 30.0 Å². The Hall–Kier alpha value is -3.94. The highest BCUT2D eigenvalue weighted by Crippen LogP contribution is 2.39. The van der Waals surface area contributed by atoms with Crippen LogP contribution in [-0.2, 0) is 20.4 Å². The highest BCUT2D eigenvalue weighted by molar-refractivity contribution is 6.99. The Kier molecular flexibility index (Phi) is 10.6. The quantitative estimate of drug-likeness (QED) is 0.0913. The number of carbonyl (C=O) groups excluding carboxylic acids is 1. The van der Waals surface area contributed by atoms with Gasteiger partial charge in [-0.3, -0.25) is 4.79 Å². The summed E-state index contributed by atoms with van der Waals surface area (Å²) in [6, 6.07) is 31.3. The van der Waals surface area contributed by atoms with E-state index < -0.39 is 14.4 Å². The normalized spacial score (nSPS) is 17.0. The third kappa shape index (κ3) is 7.88. The fourth-order valence-electron chi connectivity index (χ4n) is 6.57. The molecule has 46 heavy (non-hydrogen) atoms. The van der Waals surface area contributed by atoms with Gasteiger partial charge in [0.2, 0.25) is 0 Å². The predicted molar refractivity (Wildman–Crippen MR) is 183 cm³/mol. The Balaban J connectivity index is 1.30. The zero-order valence-corrected chi connectivity index (χ0v) is 28.6. The molecule has 1 fully saturated rings. The lowest BCUT2D eigenvalue weighted by atomic mass is 10.0. The molecule has 0 N–H and O–H groups in total. The van der Waals surface area contributed by atoms with Crippen LogP contribution in [0.2, 0.25) is 5.04 Å². The monoisotopic (exact) mass is 640 g/mol. The molecule has 0 aliphatic carbocycles. The first-order valence-electron chi connectivity index (χ1n) is 16.1. The third-order valence-electron chi connectivity index (χ3n) is 8.56. The molecule has 4 aromatic carbocycles. The molecule has 0 saturated carbocycles. The van der Waals surface area contributed by atoms with E-state index in [9.17, 15) is 9.18 Å². The van der Waals surface area contributed by atoms with Gasteiger partial charge in [0, 0.05) is 6.42 Å². The zero-order valence-electron chi connectivity index (χ0n) is 27.6. The van der Waals surface area contributed by atoms with Gasteiger partial charge in [0.15, 0.2) is 0 Å². The van der Waals surface area contributed by atoms with E-state index in [0.717, 1.165) is 35.3 Å². The minimum absolute atomic E-state index is 0.197. The molecule has 0 spiro atoms. The van der Waals surface area contributed by atoms with Crippen LogP contribution in [0.25, 0.3) is 0 Å². The number of hydrogen-bond donors (Lipinski definition) is 0. The summed E-state index contributed by atoms with van der Waals surface area (Å²) >= 11 is 0. The van der Waals surface area contributed by atoms with E-state index in [2.05, 4.69) is 88.4 Å². The van der Waals surface area contributed by atoms with Crippen LogP contribution in [0.15, 0.2) is 97.1 Å². The van der Waals surface area contributed by atoms with E-state index in [1.54, 1.807) is 12.1 Å². The van der Waals surface area contributed by atoms with Crippen molar-refractivity contribution in [3.8, 4) is 11.5 Å². The summed E-state index contributed by atoms with van der Waals surface area (Å²) < 4.78 is 38.6. The van der Waals surface area contributed by atoms with E-state index in [0.29, 0.717) is 18.8 Å². The van der Waals surface area contributed by atoms with E-state index in [4.69, 9.17) is 18.6 Å². The molecule has 7 heteroatoms. The molecule has 4 aromatic rings. The number of carbonyl (C=O) groups is 1. The van der Waals surface area contributed by atoms with Gasteiger partial charge in [-0.1, -0.05) is 99.1 Å². The maximum atomic E-state index is 13.2. The van der Waals surface area contributed by atoms with Gasteiger partial charge in [-0.2, -0.15) is 0 Å². The highest BCUT2D eigenvalue weighted by Gasteiger charge is 2.52. The maximum Gasteiger partial charge on any atom is 0.308 e. The molecule has 1 heterocycles. The molecule has 242 valence electrons. The SMILES string of the molecule is Cc1cc(C)c(OCC2CC(O[Si](c3ccccc3)(c3ccccc3)C(C)(C)C)CC(=O)O2)c(CCCOc2ccc(F)cc2)c1. The smallest absolute Gasteiger partial charge is 0.308 e. The minimum atomic E-state index is -2.83. The van der Waals surface area contributed by atoms with Crippen LogP contribution in [0, 0.1) is 19.7 Å². The van der Waals surface area contributed by atoms with Crippen molar-refractivity contribution in [3.05, 3.63) is 120 Å². The Morgan fingerprint density at radius 3 is 2.11 bits per heavy atom. The first-order valence-corrected chi connectivity index (χ1v) is 18.1. The predicted octanol–water partition coefficient (Wildman–Crippen LogP) is 7.48. The second-order valence-electron chi connectivity index (χ2n) is 13.2. The molecular weight excluding hydrogens is 596 g/mol. The zero-order chi connectivity index (χ0) is 32.7. The van der Waals surface area contributed by atoms with E-state index in [1.165, 1.54) is 22.5 Å². The fourth-order valence-corrected chi connectivity index (χ4v) is 11.3. The van der Waals surface area contributed by atoms with Crippen molar-refractivity contribution < 1.29 is 27.8 Å². The number of aryl methyl sites for hydroxylation is 3.